The monoisotopic (exact) mass is 397 g/mol. The van der Waals surface area contributed by atoms with Crippen LogP contribution in [0.2, 0.25) is 0 Å². The Bertz CT molecular complexity index is 780. The van der Waals surface area contributed by atoms with Gasteiger partial charge >= 0.3 is 0 Å². The smallest absolute Gasteiger partial charge is 0.286 e. The lowest BCUT2D eigenvalue weighted by Crippen LogP contribution is -2.33. The number of nitrogens with zero attached hydrogens (tertiary/aromatic N) is 1. The van der Waals surface area contributed by atoms with Crippen LogP contribution in [0, 0.1) is 5.92 Å². The first kappa shape index (κ1) is 21.1. The van der Waals surface area contributed by atoms with E-state index in [4.69, 9.17) is 4.42 Å². The summed E-state index contributed by atoms with van der Waals surface area (Å²) in [7, 11) is 0. The number of hydrogen-bond donors (Lipinski definition) is 2. The van der Waals surface area contributed by atoms with Crippen LogP contribution in [-0.2, 0) is 17.9 Å². The normalized spacial score (nSPS) is 15.2. The zero-order chi connectivity index (χ0) is 20.5. The van der Waals surface area contributed by atoms with Crippen molar-refractivity contribution in [1.29, 1.82) is 0 Å². The van der Waals surface area contributed by atoms with Crippen molar-refractivity contribution < 1.29 is 14.0 Å². The molecule has 1 fully saturated rings. The van der Waals surface area contributed by atoms with Crippen LogP contribution >= 0.6 is 0 Å². The largest absolute Gasteiger partial charge is 0.459 e. The minimum Gasteiger partial charge on any atom is -0.459 e. The van der Waals surface area contributed by atoms with E-state index in [1.165, 1.54) is 30.2 Å². The molecule has 1 aromatic carbocycles. The van der Waals surface area contributed by atoms with Crippen LogP contribution in [-0.4, -0.2) is 36.3 Å². The van der Waals surface area contributed by atoms with E-state index in [9.17, 15) is 9.59 Å². The summed E-state index contributed by atoms with van der Waals surface area (Å²) in [5, 5.41) is 5.76. The topological polar surface area (TPSA) is 74.6 Å². The maximum Gasteiger partial charge on any atom is 0.286 e. The second-order valence-corrected chi connectivity index (χ2v) is 7.84. The van der Waals surface area contributed by atoms with Crippen molar-refractivity contribution in [3.05, 3.63) is 59.5 Å². The summed E-state index contributed by atoms with van der Waals surface area (Å²) in [6, 6.07) is 11.6. The molecular formula is C23H31N3O3. The van der Waals surface area contributed by atoms with Gasteiger partial charge in [-0.15, -0.1) is 0 Å². The summed E-state index contributed by atoms with van der Waals surface area (Å²) in [5.74, 6) is 0.856. The first-order valence-electron chi connectivity index (χ1n) is 10.5. The van der Waals surface area contributed by atoms with E-state index in [1.807, 2.05) is 6.07 Å². The summed E-state index contributed by atoms with van der Waals surface area (Å²) in [4.78, 5) is 26.4. The number of nitrogens with one attached hydrogen (secondary N) is 2. The molecule has 29 heavy (non-hydrogen) atoms. The van der Waals surface area contributed by atoms with Crippen LogP contribution < -0.4 is 10.6 Å². The van der Waals surface area contributed by atoms with Gasteiger partial charge in [-0.3, -0.25) is 14.5 Å². The highest BCUT2D eigenvalue weighted by atomic mass is 16.3. The van der Waals surface area contributed by atoms with Gasteiger partial charge in [-0.25, -0.2) is 0 Å². The zero-order valence-corrected chi connectivity index (χ0v) is 17.2. The number of carbonyl (C=O) groups is 2. The average molecular weight is 398 g/mol. The van der Waals surface area contributed by atoms with E-state index < -0.39 is 0 Å². The van der Waals surface area contributed by atoms with Gasteiger partial charge in [0.05, 0.1) is 6.26 Å². The Morgan fingerprint density at radius 2 is 1.83 bits per heavy atom. The minimum absolute atomic E-state index is 0.00107. The SMILES string of the molecule is CC1CCN(Cc2ccccc2CNC(=O)CCCNC(=O)c2ccco2)CC1. The predicted octanol–water partition coefficient (Wildman–Crippen LogP) is 3.34. The second-order valence-electron chi connectivity index (χ2n) is 7.84. The van der Waals surface area contributed by atoms with E-state index in [-0.39, 0.29) is 17.6 Å². The molecule has 0 unspecified atom stereocenters. The fourth-order valence-electron chi connectivity index (χ4n) is 3.57. The number of likely N-dealkylation sites (tertiary alicyclic amines) is 1. The van der Waals surface area contributed by atoms with Crippen molar-refractivity contribution >= 4 is 11.8 Å². The third-order valence-electron chi connectivity index (χ3n) is 5.48. The Hall–Kier alpha value is -2.60. The molecule has 2 amide bonds. The van der Waals surface area contributed by atoms with Crippen molar-refractivity contribution in [3.63, 3.8) is 0 Å². The molecule has 1 aliphatic rings. The van der Waals surface area contributed by atoms with Gasteiger partial charge in [0.15, 0.2) is 5.76 Å². The number of carbonyl (C=O) groups excluding carboxylic acids is 2. The number of benzene rings is 1. The van der Waals surface area contributed by atoms with E-state index in [0.29, 0.717) is 25.9 Å². The first-order chi connectivity index (χ1) is 14.1. The number of rotatable bonds is 9. The number of amides is 2. The lowest BCUT2D eigenvalue weighted by atomic mass is 9.98. The molecule has 1 saturated heterocycles. The number of piperidine rings is 1. The van der Waals surface area contributed by atoms with Crippen molar-refractivity contribution in [2.45, 2.75) is 45.7 Å². The molecule has 0 aliphatic carbocycles. The zero-order valence-electron chi connectivity index (χ0n) is 17.2. The van der Waals surface area contributed by atoms with Gasteiger partial charge in [0.2, 0.25) is 5.91 Å². The Morgan fingerprint density at radius 1 is 1.07 bits per heavy atom. The quantitative estimate of drug-likeness (QED) is 0.637. The molecule has 2 N–H and O–H groups in total. The van der Waals surface area contributed by atoms with E-state index in [2.05, 4.69) is 40.7 Å². The Kier molecular flexibility index (Phi) is 7.87. The molecular weight excluding hydrogens is 366 g/mol. The molecule has 2 heterocycles. The van der Waals surface area contributed by atoms with Gasteiger partial charge in [0.1, 0.15) is 0 Å². The van der Waals surface area contributed by atoms with Crippen molar-refractivity contribution in [2.75, 3.05) is 19.6 Å². The second kappa shape index (κ2) is 10.8. The van der Waals surface area contributed by atoms with Gasteiger partial charge in [-0.05, 0) is 61.5 Å². The van der Waals surface area contributed by atoms with E-state index in [1.54, 1.807) is 12.1 Å². The molecule has 1 aliphatic heterocycles. The Labute approximate surface area is 172 Å². The summed E-state index contributed by atoms with van der Waals surface area (Å²) in [5.41, 5.74) is 2.46. The van der Waals surface area contributed by atoms with Crippen molar-refractivity contribution in [3.8, 4) is 0 Å². The third-order valence-corrected chi connectivity index (χ3v) is 5.48. The van der Waals surface area contributed by atoms with Crippen LogP contribution in [0.5, 0.6) is 0 Å². The van der Waals surface area contributed by atoms with E-state index >= 15 is 0 Å². The molecule has 2 aromatic rings. The standard InChI is InChI=1S/C23H31N3O3/c1-18-10-13-26(14-11-18)17-20-7-3-2-6-19(20)16-25-22(27)9-4-12-24-23(28)21-8-5-15-29-21/h2-3,5-8,15,18H,4,9-14,16-17H2,1H3,(H,24,28)(H,25,27). The fourth-order valence-corrected chi connectivity index (χ4v) is 3.57. The van der Waals surface area contributed by atoms with Gasteiger partial charge < -0.3 is 15.1 Å². The van der Waals surface area contributed by atoms with Gasteiger partial charge in [-0.2, -0.15) is 0 Å². The lowest BCUT2D eigenvalue weighted by molar-refractivity contribution is -0.121. The van der Waals surface area contributed by atoms with E-state index in [0.717, 1.165) is 25.6 Å². The van der Waals surface area contributed by atoms with Gasteiger partial charge in [0, 0.05) is 26.1 Å². The summed E-state index contributed by atoms with van der Waals surface area (Å²) in [6.07, 6.45) is 4.95. The molecule has 3 rings (SSSR count). The maximum absolute atomic E-state index is 12.2. The Morgan fingerprint density at radius 3 is 2.55 bits per heavy atom. The average Bonchev–Trinajstić information content (AvgIpc) is 3.27. The molecule has 0 radical (unpaired) electrons. The summed E-state index contributed by atoms with van der Waals surface area (Å²) >= 11 is 0. The summed E-state index contributed by atoms with van der Waals surface area (Å²) < 4.78 is 5.04. The molecule has 0 bridgehead atoms. The molecule has 0 spiro atoms. The van der Waals surface area contributed by atoms with Gasteiger partial charge in [0.25, 0.3) is 5.91 Å². The molecule has 6 heteroatoms. The highest BCUT2D eigenvalue weighted by Crippen LogP contribution is 2.19. The number of hydrogen-bond acceptors (Lipinski definition) is 4. The number of furan rings is 1. The molecule has 0 atom stereocenters. The van der Waals surface area contributed by atoms with Crippen LogP contribution in [0.1, 0.15) is 54.3 Å². The molecule has 156 valence electrons. The minimum atomic E-state index is -0.253. The third kappa shape index (κ3) is 6.75. The highest BCUT2D eigenvalue weighted by molar-refractivity contribution is 5.91. The Balaban J connectivity index is 1.38. The molecule has 0 saturated carbocycles. The molecule has 1 aromatic heterocycles. The van der Waals surface area contributed by atoms with Crippen LogP contribution in [0.25, 0.3) is 0 Å². The fraction of sp³-hybridized carbons (Fsp3) is 0.478. The van der Waals surface area contributed by atoms with Crippen LogP contribution in [0.4, 0.5) is 0 Å². The maximum atomic E-state index is 12.2. The van der Waals surface area contributed by atoms with Crippen LogP contribution in [0.3, 0.4) is 0 Å². The molecule has 6 nitrogen and oxygen atoms in total. The van der Waals surface area contributed by atoms with Crippen molar-refractivity contribution in [2.24, 2.45) is 5.92 Å². The highest BCUT2D eigenvalue weighted by Gasteiger charge is 2.17. The first-order valence-corrected chi connectivity index (χ1v) is 10.5. The van der Waals surface area contributed by atoms with Gasteiger partial charge in [-0.1, -0.05) is 31.2 Å². The summed E-state index contributed by atoms with van der Waals surface area (Å²) in [6.45, 7) is 6.53. The lowest BCUT2D eigenvalue weighted by Gasteiger charge is -2.30. The predicted molar refractivity (Wildman–Crippen MR) is 112 cm³/mol. The van der Waals surface area contributed by atoms with Crippen LogP contribution in [0.15, 0.2) is 47.1 Å². The van der Waals surface area contributed by atoms with Crippen molar-refractivity contribution in [1.82, 2.24) is 15.5 Å².